The standard InChI is InChI=1S/C18H22N2O3/c1-2-14-4-3-5-15(10-14)20-8-6-19(7-9-20)12-16-11-17(21)18(22)13-23-16/h3-5,10-11,13,22H,2,6-9,12H2,1H3. The lowest BCUT2D eigenvalue weighted by Crippen LogP contribution is -2.46. The van der Waals surface area contributed by atoms with Crippen molar-refractivity contribution in [3.05, 3.63) is 58.1 Å². The summed E-state index contributed by atoms with van der Waals surface area (Å²) in [5.41, 5.74) is 2.25. The molecule has 1 aromatic carbocycles. The fraction of sp³-hybridized carbons (Fsp3) is 0.389. The molecule has 0 bridgehead atoms. The average Bonchev–Trinajstić information content (AvgIpc) is 2.59. The normalized spacial score (nSPS) is 15.8. The zero-order chi connectivity index (χ0) is 16.2. The first-order valence-electron chi connectivity index (χ1n) is 8.02. The summed E-state index contributed by atoms with van der Waals surface area (Å²) in [6.07, 6.45) is 2.16. The van der Waals surface area contributed by atoms with Crippen LogP contribution in [-0.2, 0) is 13.0 Å². The Morgan fingerprint density at radius 1 is 1.17 bits per heavy atom. The van der Waals surface area contributed by atoms with Gasteiger partial charge in [0, 0.05) is 37.9 Å². The first-order chi connectivity index (χ1) is 11.2. The molecule has 2 heterocycles. The Morgan fingerprint density at radius 2 is 1.96 bits per heavy atom. The summed E-state index contributed by atoms with van der Waals surface area (Å²) in [4.78, 5) is 16.1. The van der Waals surface area contributed by atoms with Gasteiger partial charge in [-0.05, 0) is 24.1 Å². The summed E-state index contributed by atoms with van der Waals surface area (Å²) in [6, 6.07) is 10.1. The maximum Gasteiger partial charge on any atom is 0.226 e. The zero-order valence-corrected chi connectivity index (χ0v) is 13.4. The minimum atomic E-state index is -0.388. The Morgan fingerprint density at radius 3 is 2.65 bits per heavy atom. The molecule has 0 saturated carbocycles. The second-order valence-corrected chi connectivity index (χ2v) is 5.88. The van der Waals surface area contributed by atoms with E-state index in [1.807, 2.05) is 0 Å². The van der Waals surface area contributed by atoms with Crippen LogP contribution in [0.4, 0.5) is 5.69 Å². The minimum absolute atomic E-state index is 0.339. The van der Waals surface area contributed by atoms with Crippen LogP contribution < -0.4 is 10.3 Å². The van der Waals surface area contributed by atoms with Crippen LogP contribution in [-0.4, -0.2) is 36.2 Å². The van der Waals surface area contributed by atoms with Gasteiger partial charge in [0.05, 0.1) is 6.54 Å². The molecule has 3 rings (SSSR count). The average molecular weight is 314 g/mol. The van der Waals surface area contributed by atoms with Crippen LogP contribution in [0.3, 0.4) is 0 Å². The van der Waals surface area contributed by atoms with E-state index in [1.54, 1.807) is 0 Å². The number of aryl methyl sites for hydroxylation is 1. The van der Waals surface area contributed by atoms with Crippen molar-refractivity contribution in [1.29, 1.82) is 0 Å². The van der Waals surface area contributed by atoms with Crippen LogP contribution in [0.2, 0.25) is 0 Å². The predicted molar refractivity (Wildman–Crippen MR) is 90.0 cm³/mol. The Bertz CT molecular complexity index is 718. The van der Waals surface area contributed by atoms with Crippen molar-refractivity contribution in [3.63, 3.8) is 0 Å². The maximum atomic E-state index is 11.4. The number of benzene rings is 1. The molecule has 0 spiro atoms. The van der Waals surface area contributed by atoms with E-state index in [0.717, 1.165) is 38.9 Å². The van der Waals surface area contributed by atoms with Crippen molar-refractivity contribution < 1.29 is 9.52 Å². The number of nitrogens with zero attached hydrogens (tertiary/aromatic N) is 2. The summed E-state index contributed by atoms with van der Waals surface area (Å²) < 4.78 is 5.28. The third-order valence-electron chi connectivity index (χ3n) is 4.30. The fourth-order valence-corrected chi connectivity index (χ4v) is 2.88. The summed E-state index contributed by atoms with van der Waals surface area (Å²) >= 11 is 0. The monoisotopic (exact) mass is 314 g/mol. The Kier molecular flexibility index (Phi) is 4.67. The predicted octanol–water partition coefficient (Wildman–Crippen LogP) is 2.23. The summed E-state index contributed by atoms with van der Waals surface area (Å²) in [5, 5.41) is 9.23. The van der Waals surface area contributed by atoms with E-state index in [1.165, 1.54) is 17.3 Å². The van der Waals surface area contributed by atoms with E-state index in [-0.39, 0.29) is 11.2 Å². The summed E-state index contributed by atoms with van der Waals surface area (Å²) in [7, 11) is 0. The van der Waals surface area contributed by atoms with Gasteiger partial charge in [0.25, 0.3) is 0 Å². The van der Waals surface area contributed by atoms with Gasteiger partial charge in [0.1, 0.15) is 12.0 Å². The van der Waals surface area contributed by atoms with Gasteiger partial charge in [-0.25, -0.2) is 0 Å². The molecule has 5 nitrogen and oxygen atoms in total. The molecule has 0 unspecified atom stereocenters. The van der Waals surface area contributed by atoms with Crippen molar-refractivity contribution >= 4 is 5.69 Å². The number of piperazine rings is 1. The smallest absolute Gasteiger partial charge is 0.226 e. The summed E-state index contributed by atoms with van der Waals surface area (Å²) in [6.45, 7) is 6.51. The molecule has 0 amide bonds. The van der Waals surface area contributed by atoms with Crippen molar-refractivity contribution in [3.8, 4) is 5.75 Å². The van der Waals surface area contributed by atoms with Gasteiger partial charge < -0.3 is 14.4 Å². The molecule has 0 aliphatic carbocycles. The number of hydrogen-bond acceptors (Lipinski definition) is 5. The Labute approximate surface area is 135 Å². The molecule has 1 saturated heterocycles. The minimum Gasteiger partial charge on any atom is -0.502 e. The molecule has 5 heteroatoms. The van der Waals surface area contributed by atoms with E-state index >= 15 is 0 Å². The molecule has 1 N–H and O–H groups in total. The second-order valence-electron chi connectivity index (χ2n) is 5.88. The lowest BCUT2D eigenvalue weighted by Gasteiger charge is -2.36. The van der Waals surface area contributed by atoms with Crippen LogP contribution >= 0.6 is 0 Å². The highest BCUT2D eigenvalue weighted by molar-refractivity contribution is 5.49. The highest BCUT2D eigenvalue weighted by Gasteiger charge is 2.18. The fourth-order valence-electron chi connectivity index (χ4n) is 2.88. The van der Waals surface area contributed by atoms with Gasteiger partial charge in [0.2, 0.25) is 5.43 Å². The van der Waals surface area contributed by atoms with E-state index < -0.39 is 0 Å². The molecule has 122 valence electrons. The third-order valence-corrected chi connectivity index (χ3v) is 4.30. The topological polar surface area (TPSA) is 56.9 Å². The van der Waals surface area contributed by atoms with Crippen molar-refractivity contribution in [1.82, 2.24) is 4.90 Å². The molecule has 23 heavy (non-hydrogen) atoms. The number of hydrogen-bond donors (Lipinski definition) is 1. The van der Waals surface area contributed by atoms with Crippen LogP contribution in [0.25, 0.3) is 0 Å². The Hall–Kier alpha value is -2.27. The van der Waals surface area contributed by atoms with E-state index in [9.17, 15) is 9.90 Å². The molecular weight excluding hydrogens is 292 g/mol. The van der Waals surface area contributed by atoms with Crippen LogP contribution in [0, 0.1) is 0 Å². The summed E-state index contributed by atoms with van der Waals surface area (Å²) in [5.74, 6) is 0.253. The van der Waals surface area contributed by atoms with Crippen molar-refractivity contribution in [2.24, 2.45) is 0 Å². The van der Waals surface area contributed by atoms with Gasteiger partial charge in [-0.1, -0.05) is 19.1 Å². The van der Waals surface area contributed by atoms with Crippen LogP contribution in [0.15, 0.2) is 45.8 Å². The number of anilines is 1. The van der Waals surface area contributed by atoms with Gasteiger partial charge in [0.15, 0.2) is 5.75 Å². The second kappa shape index (κ2) is 6.87. The van der Waals surface area contributed by atoms with Crippen LogP contribution in [0.1, 0.15) is 18.2 Å². The van der Waals surface area contributed by atoms with E-state index in [2.05, 4.69) is 41.0 Å². The maximum absolute atomic E-state index is 11.4. The Balaban J connectivity index is 1.59. The molecular formula is C18H22N2O3. The third kappa shape index (κ3) is 3.74. The first kappa shape index (κ1) is 15.6. The molecule has 1 aromatic heterocycles. The number of aromatic hydroxyl groups is 1. The van der Waals surface area contributed by atoms with E-state index in [0.29, 0.717) is 12.3 Å². The molecule has 1 aliphatic rings. The van der Waals surface area contributed by atoms with E-state index in [4.69, 9.17) is 4.42 Å². The molecule has 0 radical (unpaired) electrons. The van der Waals surface area contributed by atoms with Gasteiger partial charge >= 0.3 is 0 Å². The molecule has 0 atom stereocenters. The van der Waals surface area contributed by atoms with Gasteiger partial charge in [-0.15, -0.1) is 0 Å². The van der Waals surface area contributed by atoms with Crippen LogP contribution in [0.5, 0.6) is 5.75 Å². The van der Waals surface area contributed by atoms with Crippen molar-refractivity contribution in [2.45, 2.75) is 19.9 Å². The lowest BCUT2D eigenvalue weighted by molar-refractivity contribution is 0.227. The highest BCUT2D eigenvalue weighted by atomic mass is 16.4. The molecule has 2 aromatic rings. The lowest BCUT2D eigenvalue weighted by atomic mass is 10.1. The zero-order valence-electron chi connectivity index (χ0n) is 13.4. The highest BCUT2D eigenvalue weighted by Crippen LogP contribution is 2.19. The first-order valence-corrected chi connectivity index (χ1v) is 8.02. The van der Waals surface area contributed by atoms with Crippen molar-refractivity contribution in [2.75, 3.05) is 31.1 Å². The SMILES string of the molecule is CCc1cccc(N2CCN(Cc3cc(=O)c(O)co3)CC2)c1. The molecule has 1 fully saturated rings. The number of rotatable bonds is 4. The van der Waals surface area contributed by atoms with Gasteiger partial charge in [-0.2, -0.15) is 0 Å². The van der Waals surface area contributed by atoms with Gasteiger partial charge in [-0.3, -0.25) is 9.69 Å². The quantitative estimate of drug-likeness (QED) is 0.938. The largest absolute Gasteiger partial charge is 0.502 e. The molecule has 1 aliphatic heterocycles.